The first-order valence-electron chi connectivity index (χ1n) is 23.6. The second kappa shape index (κ2) is 15.3. The van der Waals surface area contributed by atoms with E-state index >= 15 is 0 Å². The van der Waals surface area contributed by atoms with Crippen molar-refractivity contribution >= 4 is 60.9 Å². The maximum absolute atomic E-state index is 6.45. The van der Waals surface area contributed by atoms with E-state index in [4.69, 9.17) is 8.83 Å². The first kappa shape index (κ1) is 39.9. The Bertz CT molecular complexity index is 3860. The Labute approximate surface area is 396 Å². The molecule has 2 aromatic heterocycles. The standard InChI is InChI=1S/C65H47NO2/c1-40-13-5-6-14-51(40)52-29-23-43(33-41(52)2)46-34-45(35-47(36-46)44-24-30-54-53-15-7-10-18-59(53)65(3,4)60(54)37-44)42-21-25-48(26-22-42)66(49-27-31-57-55-16-8-11-19-61(55)67-63(57)38-49)50-28-32-58-56-17-9-12-20-62(56)68-64(58)39-50/h5-39H,1-4H3. The van der Waals surface area contributed by atoms with Crippen LogP contribution in [0.2, 0.25) is 0 Å². The summed E-state index contributed by atoms with van der Waals surface area (Å²) < 4.78 is 12.9. The van der Waals surface area contributed by atoms with Crippen molar-refractivity contribution in [1.82, 2.24) is 0 Å². The van der Waals surface area contributed by atoms with Crippen molar-refractivity contribution in [3.8, 4) is 55.6 Å². The smallest absolute Gasteiger partial charge is 0.137 e. The molecule has 0 radical (unpaired) electrons. The predicted octanol–water partition coefficient (Wildman–Crippen LogP) is 18.5. The first-order valence-corrected chi connectivity index (χ1v) is 23.6. The van der Waals surface area contributed by atoms with Gasteiger partial charge in [0, 0.05) is 56.2 Å². The second-order valence-corrected chi connectivity index (χ2v) is 19.0. The summed E-state index contributed by atoms with van der Waals surface area (Å²) in [6.07, 6.45) is 0. The molecule has 68 heavy (non-hydrogen) atoms. The van der Waals surface area contributed by atoms with Crippen LogP contribution in [0.4, 0.5) is 17.1 Å². The summed E-state index contributed by atoms with van der Waals surface area (Å²) in [4.78, 5) is 2.30. The highest BCUT2D eigenvalue weighted by atomic mass is 16.3. The van der Waals surface area contributed by atoms with Crippen LogP contribution in [0.5, 0.6) is 0 Å². The van der Waals surface area contributed by atoms with Crippen LogP contribution in [0, 0.1) is 13.8 Å². The van der Waals surface area contributed by atoms with Crippen LogP contribution in [0.1, 0.15) is 36.1 Å². The van der Waals surface area contributed by atoms with Gasteiger partial charge in [-0.15, -0.1) is 0 Å². The number of aryl methyl sites for hydroxylation is 2. The summed E-state index contributed by atoms with van der Waals surface area (Å²) in [6.45, 7) is 9.14. The molecule has 0 aliphatic heterocycles. The van der Waals surface area contributed by atoms with E-state index in [1.807, 2.05) is 24.3 Å². The van der Waals surface area contributed by atoms with Gasteiger partial charge in [0.05, 0.1) is 0 Å². The van der Waals surface area contributed by atoms with Gasteiger partial charge in [-0.05, 0) is 165 Å². The summed E-state index contributed by atoms with van der Waals surface area (Å²) in [5.41, 5.74) is 23.9. The molecule has 10 aromatic carbocycles. The summed E-state index contributed by atoms with van der Waals surface area (Å²) in [5, 5.41) is 4.42. The number of benzene rings is 10. The molecule has 0 saturated carbocycles. The fourth-order valence-corrected chi connectivity index (χ4v) is 11.0. The van der Waals surface area contributed by atoms with Crippen molar-refractivity contribution in [3.05, 3.63) is 235 Å². The third-order valence-corrected chi connectivity index (χ3v) is 14.5. The number of fused-ring (bicyclic) bond motifs is 9. The van der Waals surface area contributed by atoms with Gasteiger partial charge in [-0.2, -0.15) is 0 Å². The van der Waals surface area contributed by atoms with Crippen LogP contribution >= 0.6 is 0 Å². The van der Waals surface area contributed by atoms with Gasteiger partial charge in [-0.25, -0.2) is 0 Å². The van der Waals surface area contributed by atoms with Crippen molar-refractivity contribution in [2.75, 3.05) is 4.90 Å². The third-order valence-electron chi connectivity index (χ3n) is 14.5. The normalized spacial score (nSPS) is 12.8. The van der Waals surface area contributed by atoms with Gasteiger partial charge in [0.25, 0.3) is 0 Å². The highest BCUT2D eigenvalue weighted by Gasteiger charge is 2.35. The average Bonchev–Trinajstić information content (AvgIpc) is 4.01. The van der Waals surface area contributed by atoms with Crippen LogP contribution in [0.25, 0.3) is 99.5 Å². The van der Waals surface area contributed by atoms with Crippen LogP contribution in [0.3, 0.4) is 0 Å². The lowest BCUT2D eigenvalue weighted by Crippen LogP contribution is -2.14. The van der Waals surface area contributed by atoms with Gasteiger partial charge in [0.15, 0.2) is 0 Å². The number of rotatable bonds is 7. The molecule has 0 amide bonds. The molecule has 0 fully saturated rings. The molecule has 0 saturated heterocycles. The van der Waals surface area contributed by atoms with Crippen LogP contribution < -0.4 is 4.90 Å². The van der Waals surface area contributed by atoms with Gasteiger partial charge >= 0.3 is 0 Å². The molecule has 0 atom stereocenters. The molecule has 3 nitrogen and oxygen atoms in total. The maximum atomic E-state index is 6.45. The predicted molar refractivity (Wildman–Crippen MR) is 284 cm³/mol. The average molecular weight is 874 g/mol. The lowest BCUT2D eigenvalue weighted by atomic mass is 9.81. The topological polar surface area (TPSA) is 29.5 Å². The Morgan fingerprint density at radius 3 is 1.38 bits per heavy atom. The number of hydrogen-bond acceptors (Lipinski definition) is 3. The molecule has 13 rings (SSSR count). The minimum Gasteiger partial charge on any atom is -0.456 e. The van der Waals surface area contributed by atoms with E-state index in [9.17, 15) is 0 Å². The molecule has 0 bridgehead atoms. The van der Waals surface area contributed by atoms with E-state index in [1.165, 1.54) is 66.8 Å². The Hall–Kier alpha value is -8.40. The van der Waals surface area contributed by atoms with Gasteiger partial charge in [-0.3, -0.25) is 0 Å². The number of para-hydroxylation sites is 2. The lowest BCUT2D eigenvalue weighted by molar-refractivity contribution is 0.660. The Morgan fingerprint density at radius 2 is 0.765 bits per heavy atom. The summed E-state index contributed by atoms with van der Waals surface area (Å²) in [6, 6.07) is 77.2. The van der Waals surface area contributed by atoms with Crippen molar-refractivity contribution in [3.63, 3.8) is 0 Å². The Balaban J connectivity index is 0.944. The van der Waals surface area contributed by atoms with E-state index in [0.29, 0.717) is 0 Å². The van der Waals surface area contributed by atoms with E-state index in [2.05, 4.69) is 221 Å². The quantitative estimate of drug-likeness (QED) is 0.160. The fourth-order valence-electron chi connectivity index (χ4n) is 11.0. The highest BCUT2D eigenvalue weighted by molar-refractivity contribution is 6.08. The van der Waals surface area contributed by atoms with Crippen molar-refractivity contribution in [2.45, 2.75) is 33.1 Å². The monoisotopic (exact) mass is 873 g/mol. The summed E-state index contributed by atoms with van der Waals surface area (Å²) >= 11 is 0. The SMILES string of the molecule is Cc1ccccc1-c1ccc(-c2cc(-c3ccc(N(c4ccc5c(c4)oc4ccccc45)c4ccc5c(c4)oc4ccccc45)cc3)cc(-c3ccc4c(c3)C(C)(C)c3ccccc3-4)c2)cc1C. The zero-order chi connectivity index (χ0) is 45.7. The van der Waals surface area contributed by atoms with Crippen molar-refractivity contribution < 1.29 is 8.83 Å². The first-order chi connectivity index (χ1) is 33.2. The Morgan fingerprint density at radius 1 is 0.309 bits per heavy atom. The van der Waals surface area contributed by atoms with Gasteiger partial charge in [-0.1, -0.05) is 141 Å². The number of anilines is 3. The zero-order valence-electron chi connectivity index (χ0n) is 38.5. The molecular weight excluding hydrogens is 827 g/mol. The van der Waals surface area contributed by atoms with E-state index in [1.54, 1.807) is 0 Å². The third kappa shape index (κ3) is 6.42. The largest absolute Gasteiger partial charge is 0.456 e. The summed E-state index contributed by atoms with van der Waals surface area (Å²) in [7, 11) is 0. The van der Waals surface area contributed by atoms with Crippen LogP contribution in [-0.2, 0) is 5.41 Å². The number of nitrogens with zero attached hydrogens (tertiary/aromatic N) is 1. The Kier molecular flexibility index (Phi) is 9.00. The zero-order valence-corrected chi connectivity index (χ0v) is 38.5. The van der Waals surface area contributed by atoms with E-state index in [-0.39, 0.29) is 5.41 Å². The van der Waals surface area contributed by atoms with Gasteiger partial charge < -0.3 is 13.7 Å². The van der Waals surface area contributed by atoms with E-state index in [0.717, 1.165) is 72.1 Å². The fraction of sp³-hybridized carbons (Fsp3) is 0.0769. The lowest BCUT2D eigenvalue weighted by Gasteiger charge is -2.25. The molecule has 0 unspecified atom stereocenters. The second-order valence-electron chi connectivity index (χ2n) is 19.0. The van der Waals surface area contributed by atoms with E-state index < -0.39 is 0 Å². The number of furan rings is 2. The van der Waals surface area contributed by atoms with Crippen molar-refractivity contribution in [1.29, 1.82) is 0 Å². The van der Waals surface area contributed by atoms with Crippen molar-refractivity contribution in [2.24, 2.45) is 0 Å². The molecule has 324 valence electrons. The minimum absolute atomic E-state index is 0.101. The van der Waals surface area contributed by atoms with Gasteiger partial charge in [0.1, 0.15) is 22.3 Å². The molecule has 3 heteroatoms. The molecule has 1 aliphatic rings. The van der Waals surface area contributed by atoms with Gasteiger partial charge in [0.2, 0.25) is 0 Å². The molecule has 2 heterocycles. The van der Waals surface area contributed by atoms with Crippen LogP contribution in [-0.4, -0.2) is 0 Å². The molecule has 0 spiro atoms. The highest BCUT2D eigenvalue weighted by Crippen LogP contribution is 2.50. The minimum atomic E-state index is -0.101. The summed E-state index contributed by atoms with van der Waals surface area (Å²) in [5.74, 6) is 0. The molecule has 12 aromatic rings. The molecular formula is C65H47NO2. The van der Waals surface area contributed by atoms with Crippen LogP contribution in [0.15, 0.2) is 221 Å². The number of hydrogen-bond donors (Lipinski definition) is 0. The maximum Gasteiger partial charge on any atom is 0.137 e. The molecule has 1 aliphatic carbocycles. The molecule has 0 N–H and O–H groups in total.